The lowest BCUT2D eigenvalue weighted by Gasteiger charge is -2.32. The zero-order valence-corrected chi connectivity index (χ0v) is 16.8. The maximum Gasteiger partial charge on any atom is 0.227 e. The third-order valence-electron chi connectivity index (χ3n) is 5.35. The first-order valence-electron chi connectivity index (χ1n) is 9.75. The van der Waals surface area contributed by atoms with Gasteiger partial charge in [-0.05, 0) is 42.2 Å². The molecule has 1 unspecified atom stereocenters. The van der Waals surface area contributed by atoms with Gasteiger partial charge < -0.3 is 10.4 Å². The number of nitrogens with one attached hydrogen (secondary N) is 1. The maximum absolute atomic E-state index is 13.9. The number of thioether (sulfide) groups is 1. The molecule has 2 aliphatic rings. The van der Waals surface area contributed by atoms with Crippen LogP contribution in [0.1, 0.15) is 36.4 Å². The second kappa shape index (κ2) is 7.60. The van der Waals surface area contributed by atoms with Crippen LogP contribution in [0.2, 0.25) is 0 Å². The lowest BCUT2D eigenvalue weighted by atomic mass is 9.85. The molecule has 0 saturated carbocycles. The number of allylic oxidation sites excluding steroid dienone is 2. The highest BCUT2D eigenvalue weighted by Gasteiger charge is 2.36. The van der Waals surface area contributed by atoms with Crippen LogP contribution in [0.5, 0.6) is 5.75 Å². The Hall–Kier alpha value is -3.13. The molecule has 0 spiro atoms. The molecular formula is C22H19FN4O2S. The van der Waals surface area contributed by atoms with Crippen LogP contribution < -0.4 is 5.32 Å². The van der Waals surface area contributed by atoms with Gasteiger partial charge >= 0.3 is 0 Å². The Bertz CT molecular complexity index is 1170. The van der Waals surface area contributed by atoms with Crippen molar-refractivity contribution >= 4 is 23.5 Å². The molecule has 1 aliphatic carbocycles. The number of rotatable bonds is 4. The summed E-state index contributed by atoms with van der Waals surface area (Å²) < 4.78 is 15.6. The number of fused-ring (bicyclic) bond motifs is 1. The van der Waals surface area contributed by atoms with Crippen LogP contribution in [0.3, 0.4) is 0 Å². The number of halogens is 1. The van der Waals surface area contributed by atoms with Crippen molar-refractivity contribution in [3.05, 3.63) is 76.7 Å². The van der Waals surface area contributed by atoms with Crippen LogP contribution in [-0.2, 0) is 10.5 Å². The third kappa shape index (κ3) is 3.37. The number of aromatic nitrogens is 3. The molecule has 2 N–H and O–H groups in total. The number of hydrogen-bond donors (Lipinski definition) is 2. The van der Waals surface area contributed by atoms with Crippen molar-refractivity contribution in [2.45, 2.75) is 36.2 Å². The Balaban J connectivity index is 1.52. The number of nitrogens with zero attached hydrogens (tertiary/aromatic N) is 3. The summed E-state index contributed by atoms with van der Waals surface area (Å²) in [4.78, 5) is 17.4. The number of anilines is 1. The van der Waals surface area contributed by atoms with E-state index in [2.05, 4.69) is 15.4 Å². The Kier molecular flexibility index (Phi) is 4.78. The van der Waals surface area contributed by atoms with Crippen molar-refractivity contribution < 1.29 is 14.3 Å². The molecule has 2 heterocycles. The molecule has 6 nitrogen and oxygen atoms in total. The predicted molar refractivity (Wildman–Crippen MR) is 112 cm³/mol. The van der Waals surface area contributed by atoms with E-state index in [4.69, 9.17) is 0 Å². The number of ketones is 1. The fourth-order valence-corrected chi connectivity index (χ4v) is 4.77. The number of aromatic hydroxyl groups is 1. The summed E-state index contributed by atoms with van der Waals surface area (Å²) in [5.41, 5.74) is 2.90. The molecule has 2 aromatic carbocycles. The summed E-state index contributed by atoms with van der Waals surface area (Å²) in [6, 6.07) is 13.1. The van der Waals surface area contributed by atoms with E-state index in [0.29, 0.717) is 34.4 Å². The van der Waals surface area contributed by atoms with Gasteiger partial charge in [0.2, 0.25) is 11.1 Å². The van der Waals surface area contributed by atoms with Crippen LogP contribution in [-0.4, -0.2) is 25.7 Å². The summed E-state index contributed by atoms with van der Waals surface area (Å²) in [6.45, 7) is 0. The Morgan fingerprint density at radius 2 is 2.07 bits per heavy atom. The molecule has 0 radical (unpaired) electrons. The zero-order valence-electron chi connectivity index (χ0n) is 16.0. The lowest BCUT2D eigenvalue weighted by Crippen LogP contribution is -2.31. The van der Waals surface area contributed by atoms with Gasteiger partial charge in [-0.25, -0.2) is 9.07 Å². The highest BCUT2D eigenvalue weighted by molar-refractivity contribution is 7.98. The monoisotopic (exact) mass is 422 g/mol. The minimum atomic E-state index is -0.452. The standard InChI is InChI=1S/C22H19FN4O2S/c23-16-8-2-1-5-14(16)12-30-22-25-21-24-17-9-4-10-18(29)19(17)20(27(21)26-22)13-6-3-7-15(28)11-13/h1-3,5-8,11,20,28H,4,9-10,12H2,(H,24,25,26). The number of carbonyl (C=O) groups excluding carboxylic acids is 1. The summed E-state index contributed by atoms with van der Waals surface area (Å²) in [7, 11) is 0. The molecule has 1 aliphatic heterocycles. The summed E-state index contributed by atoms with van der Waals surface area (Å²) >= 11 is 1.34. The first-order chi connectivity index (χ1) is 14.6. The van der Waals surface area contributed by atoms with Crippen molar-refractivity contribution in [2.24, 2.45) is 0 Å². The molecule has 152 valence electrons. The van der Waals surface area contributed by atoms with E-state index in [1.54, 1.807) is 41.1 Å². The topological polar surface area (TPSA) is 80.0 Å². The predicted octanol–water partition coefficient (Wildman–Crippen LogP) is 4.44. The highest BCUT2D eigenvalue weighted by Crippen LogP contribution is 2.41. The Morgan fingerprint density at radius 3 is 2.90 bits per heavy atom. The Labute approximate surface area is 176 Å². The maximum atomic E-state index is 13.9. The van der Waals surface area contributed by atoms with Gasteiger partial charge in [-0.15, -0.1) is 5.10 Å². The van der Waals surface area contributed by atoms with Gasteiger partial charge in [0.15, 0.2) is 5.78 Å². The number of hydrogen-bond acceptors (Lipinski definition) is 6. The fraction of sp³-hybridized carbons (Fsp3) is 0.227. The van der Waals surface area contributed by atoms with Gasteiger partial charge in [-0.2, -0.15) is 4.98 Å². The smallest absolute Gasteiger partial charge is 0.227 e. The molecule has 1 atom stereocenters. The second-order valence-electron chi connectivity index (χ2n) is 7.33. The van der Waals surface area contributed by atoms with Gasteiger partial charge in [0.25, 0.3) is 0 Å². The quantitative estimate of drug-likeness (QED) is 0.605. The van der Waals surface area contributed by atoms with Crippen LogP contribution in [0.4, 0.5) is 10.3 Å². The lowest BCUT2D eigenvalue weighted by molar-refractivity contribution is -0.116. The number of benzene rings is 2. The van der Waals surface area contributed by atoms with Gasteiger partial charge in [-0.1, -0.05) is 42.1 Å². The van der Waals surface area contributed by atoms with Gasteiger partial charge in [-0.3, -0.25) is 4.79 Å². The average Bonchev–Trinajstić information content (AvgIpc) is 3.14. The number of carbonyl (C=O) groups is 1. The second-order valence-corrected chi connectivity index (χ2v) is 8.28. The van der Waals surface area contributed by atoms with E-state index in [1.165, 1.54) is 17.8 Å². The minimum Gasteiger partial charge on any atom is -0.508 e. The first kappa shape index (κ1) is 18.9. The van der Waals surface area contributed by atoms with E-state index < -0.39 is 6.04 Å². The number of phenolic OH excluding ortho intramolecular Hbond substituents is 1. The molecule has 8 heteroatoms. The highest BCUT2D eigenvalue weighted by atomic mass is 32.2. The molecule has 0 fully saturated rings. The first-order valence-corrected chi connectivity index (χ1v) is 10.7. The molecule has 30 heavy (non-hydrogen) atoms. The SMILES string of the molecule is O=C1CCCC2=C1C(c1cccc(O)c1)n1nc(SCc3ccccc3F)nc1N2. The Morgan fingerprint density at radius 1 is 1.20 bits per heavy atom. The molecule has 1 aromatic heterocycles. The van der Waals surface area contributed by atoms with E-state index in [-0.39, 0.29) is 17.3 Å². The average molecular weight is 422 g/mol. The molecular weight excluding hydrogens is 403 g/mol. The molecule has 0 amide bonds. The molecule has 3 aromatic rings. The minimum absolute atomic E-state index is 0.0822. The van der Waals surface area contributed by atoms with Crippen molar-refractivity contribution in [1.82, 2.24) is 14.8 Å². The zero-order chi connectivity index (χ0) is 20.7. The largest absolute Gasteiger partial charge is 0.508 e. The van der Waals surface area contributed by atoms with Gasteiger partial charge in [0.1, 0.15) is 17.6 Å². The van der Waals surface area contributed by atoms with Crippen molar-refractivity contribution in [1.29, 1.82) is 0 Å². The summed E-state index contributed by atoms with van der Waals surface area (Å²) in [5, 5.41) is 18.4. The number of Topliss-reactive ketones (excluding diaryl/α,β-unsaturated/α-hetero) is 1. The molecule has 0 bridgehead atoms. The van der Waals surface area contributed by atoms with Crippen LogP contribution in [0.15, 0.2) is 65.0 Å². The van der Waals surface area contributed by atoms with Crippen LogP contribution >= 0.6 is 11.8 Å². The molecule has 0 saturated heterocycles. The van der Waals surface area contributed by atoms with Gasteiger partial charge in [0, 0.05) is 23.4 Å². The fourth-order valence-electron chi connectivity index (χ4n) is 3.96. The van der Waals surface area contributed by atoms with E-state index >= 15 is 0 Å². The number of phenols is 1. The summed E-state index contributed by atoms with van der Waals surface area (Å²) in [5.74, 6) is 0.908. The normalized spacial score (nSPS) is 18.0. The van der Waals surface area contributed by atoms with Crippen molar-refractivity contribution in [3.63, 3.8) is 0 Å². The van der Waals surface area contributed by atoms with Gasteiger partial charge in [0.05, 0.1) is 0 Å². The van der Waals surface area contributed by atoms with Crippen molar-refractivity contribution in [2.75, 3.05) is 5.32 Å². The van der Waals surface area contributed by atoms with E-state index in [0.717, 1.165) is 24.1 Å². The summed E-state index contributed by atoms with van der Waals surface area (Å²) in [6.07, 6.45) is 2.05. The van der Waals surface area contributed by atoms with Crippen LogP contribution in [0.25, 0.3) is 0 Å². The van der Waals surface area contributed by atoms with E-state index in [9.17, 15) is 14.3 Å². The molecule has 5 rings (SSSR count). The third-order valence-corrected chi connectivity index (χ3v) is 6.24. The van der Waals surface area contributed by atoms with Crippen molar-refractivity contribution in [3.8, 4) is 5.75 Å². The van der Waals surface area contributed by atoms with Crippen LogP contribution in [0, 0.1) is 5.82 Å². The van der Waals surface area contributed by atoms with E-state index in [1.807, 2.05) is 6.07 Å².